The molecule has 1 aromatic carbocycles. The van der Waals surface area contributed by atoms with Crippen LogP contribution >= 0.6 is 15.9 Å². The molecule has 0 spiro atoms. The van der Waals surface area contributed by atoms with Crippen molar-refractivity contribution in [2.75, 3.05) is 13.7 Å². The fraction of sp³-hybridized carbons (Fsp3) is 0.625. The molecule has 0 N–H and O–H groups in total. The van der Waals surface area contributed by atoms with Gasteiger partial charge < -0.3 is 9.47 Å². The van der Waals surface area contributed by atoms with E-state index in [2.05, 4.69) is 35.0 Å². The Hall–Kier alpha value is -0.540. The number of ether oxygens (including phenoxy) is 2. The molecule has 0 saturated heterocycles. The molecule has 1 aliphatic rings. The monoisotopic (exact) mass is 326 g/mol. The van der Waals surface area contributed by atoms with Gasteiger partial charge in [-0.3, -0.25) is 0 Å². The summed E-state index contributed by atoms with van der Waals surface area (Å²) >= 11 is 3.81. The summed E-state index contributed by atoms with van der Waals surface area (Å²) in [5, 5.41) is 0. The summed E-state index contributed by atoms with van der Waals surface area (Å²) in [6, 6.07) is 8.36. The molecule has 3 heteroatoms. The van der Waals surface area contributed by atoms with E-state index in [0.717, 1.165) is 24.7 Å². The van der Waals surface area contributed by atoms with Gasteiger partial charge in [-0.05, 0) is 56.2 Å². The number of hydrogen-bond donors (Lipinski definition) is 0. The summed E-state index contributed by atoms with van der Waals surface area (Å²) in [6.45, 7) is 2.92. The molecule has 0 amide bonds. The van der Waals surface area contributed by atoms with Crippen molar-refractivity contribution >= 4 is 15.9 Å². The van der Waals surface area contributed by atoms with E-state index in [-0.39, 0.29) is 0 Å². The molecule has 1 atom stereocenters. The number of hydrogen-bond acceptors (Lipinski definition) is 2. The third-order valence-electron chi connectivity index (χ3n) is 3.80. The number of methoxy groups -OCH3 is 1. The molecule has 1 aromatic rings. The quantitative estimate of drug-likeness (QED) is 0.699. The van der Waals surface area contributed by atoms with Crippen molar-refractivity contribution in [3.8, 4) is 5.75 Å². The smallest absolute Gasteiger partial charge is 0.118 e. The molecule has 0 aromatic heterocycles. The Labute approximate surface area is 124 Å². The van der Waals surface area contributed by atoms with Gasteiger partial charge in [0.25, 0.3) is 0 Å². The van der Waals surface area contributed by atoms with Crippen LogP contribution in [0.25, 0.3) is 0 Å². The number of rotatable bonds is 7. The van der Waals surface area contributed by atoms with Gasteiger partial charge in [0.1, 0.15) is 5.75 Å². The molecule has 1 unspecified atom stereocenters. The summed E-state index contributed by atoms with van der Waals surface area (Å²) in [4.78, 5) is 0.563. The Balaban J connectivity index is 1.71. The largest absolute Gasteiger partial charge is 0.497 e. The molecule has 106 valence electrons. The van der Waals surface area contributed by atoms with Crippen LogP contribution < -0.4 is 4.74 Å². The average molecular weight is 327 g/mol. The zero-order chi connectivity index (χ0) is 13.7. The van der Waals surface area contributed by atoms with E-state index in [4.69, 9.17) is 9.47 Å². The molecule has 0 heterocycles. The second-order valence-corrected chi connectivity index (χ2v) is 6.59. The van der Waals surface area contributed by atoms with E-state index >= 15 is 0 Å². The van der Waals surface area contributed by atoms with Gasteiger partial charge in [0, 0.05) is 11.4 Å². The Kier molecular flexibility index (Phi) is 5.71. The van der Waals surface area contributed by atoms with Crippen molar-refractivity contribution in [2.45, 2.75) is 43.5 Å². The number of halogens is 1. The third-order valence-corrected chi connectivity index (χ3v) is 4.50. The number of benzene rings is 1. The average Bonchev–Trinajstić information content (AvgIpc) is 2.37. The Morgan fingerprint density at radius 3 is 2.53 bits per heavy atom. The van der Waals surface area contributed by atoms with Crippen molar-refractivity contribution in [1.82, 2.24) is 0 Å². The first-order valence-corrected chi connectivity index (χ1v) is 8.01. The maximum atomic E-state index is 5.60. The maximum Gasteiger partial charge on any atom is 0.118 e. The zero-order valence-corrected chi connectivity index (χ0v) is 13.4. The zero-order valence-electron chi connectivity index (χ0n) is 11.8. The second kappa shape index (κ2) is 7.30. The fourth-order valence-electron chi connectivity index (χ4n) is 2.70. The summed E-state index contributed by atoms with van der Waals surface area (Å²) in [6.07, 6.45) is 5.32. The lowest BCUT2D eigenvalue weighted by molar-refractivity contribution is -0.0263. The van der Waals surface area contributed by atoms with Gasteiger partial charge in [-0.1, -0.05) is 28.1 Å². The molecule has 0 bridgehead atoms. The van der Waals surface area contributed by atoms with Gasteiger partial charge in [0.05, 0.1) is 13.2 Å². The van der Waals surface area contributed by atoms with Gasteiger partial charge in [0.2, 0.25) is 0 Å². The highest BCUT2D eigenvalue weighted by molar-refractivity contribution is 9.09. The predicted octanol–water partition coefficient (Wildman–Crippen LogP) is 4.21. The third kappa shape index (κ3) is 4.50. The van der Waals surface area contributed by atoms with Gasteiger partial charge in [0.15, 0.2) is 0 Å². The van der Waals surface area contributed by atoms with E-state index in [9.17, 15) is 0 Å². The molecule has 0 radical (unpaired) electrons. The highest BCUT2D eigenvalue weighted by atomic mass is 79.9. The van der Waals surface area contributed by atoms with Crippen LogP contribution in [-0.4, -0.2) is 24.6 Å². The molecular formula is C16H23BrO2. The minimum atomic E-state index is 0.524. The van der Waals surface area contributed by atoms with Crippen molar-refractivity contribution in [2.24, 2.45) is 5.92 Å². The van der Waals surface area contributed by atoms with Crippen LogP contribution in [0.1, 0.15) is 31.7 Å². The number of alkyl halides is 1. The summed E-state index contributed by atoms with van der Waals surface area (Å²) in [5.74, 6) is 1.76. The first-order chi connectivity index (χ1) is 9.21. The molecular weight excluding hydrogens is 304 g/mol. The van der Waals surface area contributed by atoms with Gasteiger partial charge in [-0.25, -0.2) is 0 Å². The molecule has 1 aliphatic carbocycles. The SMILES string of the molecule is CCOC1CC(CC(Br)Cc2ccc(OC)cc2)C1. The minimum Gasteiger partial charge on any atom is -0.497 e. The van der Waals surface area contributed by atoms with Gasteiger partial charge in [-0.2, -0.15) is 0 Å². The highest BCUT2D eigenvalue weighted by Crippen LogP contribution is 2.35. The molecule has 19 heavy (non-hydrogen) atoms. The molecule has 2 rings (SSSR count). The van der Waals surface area contributed by atoms with E-state index in [1.807, 2.05) is 12.1 Å². The maximum absolute atomic E-state index is 5.60. The van der Waals surface area contributed by atoms with Crippen molar-refractivity contribution in [3.63, 3.8) is 0 Å². The van der Waals surface area contributed by atoms with E-state index in [1.165, 1.54) is 24.8 Å². The Morgan fingerprint density at radius 2 is 1.95 bits per heavy atom. The lowest BCUT2D eigenvalue weighted by atomic mass is 9.79. The van der Waals surface area contributed by atoms with Crippen LogP contribution in [-0.2, 0) is 11.2 Å². The Bertz CT molecular complexity index is 371. The van der Waals surface area contributed by atoms with Crippen LogP contribution in [0.5, 0.6) is 5.75 Å². The predicted molar refractivity (Wildman–Crippen MR) is 82.2 cm³/mol. The summed E-state index contributed by atoms with van der Waals surface area (Å²) in [7, 11) is 1.70. The first-order valence-electron chi connectivity index (χ1n) is 7.09. The first kappa shape index (κ1) is 14.9. The van der Waals surface area contributed by atoms with E-state index in [1.54, 1.807) is 7.11 Å². The standard InChI is InChI=1S/C16H23BrO2/c1-3-19-16-10-13(11-16)9-14(17)8-12-4-6-15(18-2)7-5-12/h4-7,13-14,16H,3,8-11H2,1-2H3. The van der Waals surface area contributed by atoms with Crippen molar-refractivity contribution in [3.05, 3.63) is 29.8 Å². The Morgan fingerprint density at radius 1 is 1.26 bits per heavy atom. The summed E-state index contributed by atoms with van der Waals surface area (Å²) < 4.78 is 10.8. The minimum absolute atomic E-state index is 0.524. The fourth-order valence-corrected chi connectivity index (χ4v) is 3.60. The topological polar surface area (TPSA) is 18.5 Å². The lowest BCUT2D eigenvalue weighted by Crippen LogP contribution is -2.33. The normalized spacial score (nSPS) is 23.7. The summed E-state index contributed by atoms with van der Waals surface area (Å²) in [5.41, 5.74) is 1.36. The van der Waals surface area contributed by atoms with Crippen LogP contribution in [0, 0.1) is 5.92 Å². The van der Waals surface area contributed by atoms with Gasteiger partial charge >= 0.3 is 0 Å². The molecule has 1 fully saturated rings. The lowest BCUT2D eigenvalue weighted by Gasteiger charge is -2.36. The molecule has 2 nitrogen and oxygen atoms in total. The van der Waals surface area contributed by atoms with Crippen molar-refractivity contribution in [1.29, 1.82) is 0 Å². The van der Waals surface area contributed by atoms with Crippen molar-refractivity contribution < 1.29 is 9.47 Å². The van der Waals surface area contributed by atoms with E-state index < -0.39 is 0 Å². The van der Waals surface area contributed by atoms with Crippen LogP contribution in [0.2, 0.25) is 0 Å². The second-order valence-electron chi connectivity index (χ2n) is 5.30. The van der Waals surface area contributed by atoms with Crippen LogP contribution in [0.15, 0.2) is 24.3 Å². The van der Waals surface area contributed by atoms with Crippen LogP contribution in [0.4, 0.5) is 0 Å². The molecule has 0 aliphatic heterocycles. The molecule has 1 saturated carbocycles. The van der Waals surface area contributed by atoms with E-state index in [0.29, 0.717) is 10.9 Å². The highest BCUT2D eigenvalue weighted by Gasteiger charge is 2.30. The van der Waals surface area contributed by atoms with Crippen LogP contribution in [0.3, 0.4) is 0 Å². The van der Waals surface area contributed by atoms with Gasteiger partial charge in [-0.15, -0.1) is 0 Å².